The van der Waals surface area contributed by atoms with Crippen molar-refractivity contribution in [3.63, 3.8) is 0 Å². The van der Waals surface area contributed by atoms with Crippen LogP contribution in [-0.2, 0) is 26.2 Å². The second-order valence-corrected chi connectivity index (χ2v) is 13.2. The van der Waals surface area contributed by atoms with E-state index in [9.17, 15) is 18.0 Å². The summed E-state index contributed by atoms with van der Waals surface area (Å²) in [5.41, 5.74) is 1.99. The Morgan fingerprint density at radius 2 is 1.58 bits per heavy atom. The predicted octanol–water partition coefficient (Wildman–Crippen LogP) is 6.11. The highest BCUT2D eigenvalue weighted by Crippen LogP contribution is 2.27. The zero-order valence-corrected chi connectivity index (χ0v) is 26.5. The summed E-state index contributed by atoms with van der Waals surface area (Å²) >= 11 is 6.11. The Hall–Kier alpha value is -3.56. The summed E-state index contributed by atoms with van der Waals surface area (Å²) in [4.78, 5) is 29.4. The van der Waals surface area contributed by atoms with Crippen LogP contribution in [0.1, 0.15) is 56.6 Å². The van der Waals surface area contributed by atoms with Gasteiger partial charge in [0.05, 0.1) is 17.7 Å². The molecule has 43 heavy (non-hydrogen) atoms. The van der Waals surface area contributed by atoms with Crippen LogP contribution < -0.4 is 14.4 Å². The standard InChI is InChI=1S/C33H40ClN3O5S/c1-4-31(33(39)35-27-8-6-5-7-9-27)36(22-25-12-18-29(42-3)19-13-25)32(38)23-37(28-16-14-26(34)15-17-28)43(40,41)30-20-10-24(2)11-21-30/h10-21,27,31H,4-9,22-23H2,1-3H3,(H,35,39)/t31-/m0/s1. The third-order valence-electron chi connectivity index (χ3n) is 7.85. The van der Waals surface area contributed by atoms with E-state index in [0.717, 1.165) is 47.5 Å². The van der Waals surface area contributed by atoms with Gasteiger partial charge < -0.3 is 15.0 Å². The molecule has 0 aromatic heterocycles. The summed E-state index contributed by atoms with van der Waals surface area (Å²) in [5.74, 6) is -0.0513. The molecule has 1 fully saturated rings. The minimum atomic E-state index is -4.14. The van der Waals surface area contributed by atoms with E-state index in [2.05, 4.69) is 5.32 Å². The van der Waals surface area contributed by atoms with Gasteiger partial charge in [0.1, 0.15) is 18.3 Å². The molecule has 230 valence electrons. The van der Waals surface area contributed by atoms with Crippen LogP contribution in [0.2, 0.25) is 5.02 Å². The number of hydrogen-bond donors (Lipinski definition) is 1. The Kier molecular flexibility index (Phi) is 11.1. The van der Waals surface area contributed by atoms with Crippen molar-refractivity contribution in [2.75, 3.05) is 18.0 Å². The minimum Gasteiger partial charge on any atom is -0.497 e. The first-order valence-corrected chi connectivity index (χ1v) is 16.5. The molecular weight excluding hydrogens is 586 g/mol. The maximum absolute atomic E-state index is 14.2. The number of nitrogens with zero attached hydrogens (tertiary/aromatic N) is 2. The fourth-order valence-electron chi connectivity index (χ4n) is 5.36. The molecule has 1 atom stereocenters. The average molecular weight is 626 g/mol. The Morgan fingerprint density at radius 1 is 0.953 bits per heavy atom. The third kappa shape index (κ3) is 8.30. The van der Waals surface area contributed by atoms with Crippen molar-refractivity contribution in [1.82, 2.24) is 10.2 Å². The molecule has 8 nitrogen and oxygen atoms in total. The molecule has 0 aliphatic heterocycles. The van der Waals surface area contributed by atoms with E-state index in [1.807, 2.05) is 26.0 Å². The van der Waals surface area contributed by atoms with E-state index < -0.39 is 28.5 Å². The highest BCUT2D eigenvalue weighted by atomic mass is 35.5. The van der Waals surface area contributed by atoms with Gasteiger partial charge in [0, 0.05) is 17.6 Å². The van der Waals surface area contributed by atoms with Gasteiger partial charge in [-0.25, -0.2) is 8.42 Å². The van der Waals surface area contributed by atoms with Gasteiger partial charge >= 0.3 is 0 Å². The number of aryl methyl sites for hydroxylation is 1. The number of carbonyl (C=O) groups is 2. The Morgan fingerprint density at radius 3 is 2.16 bits per heavy atom. The number of hydrogen-bond acceptors (Lipinski definition) is 5. The maximum Gasteiger partial charge on any atom is 0.264 e. The lowest BCUT2D eigenvalue weighted by atomic mass is 9.95. The van der Waals surface area contributed by atoms with Gasteiger partial charge in [0.25, 0.3) is 10.0 Å². The lowest BCUT2D eigenvalue weighted by molar-refractivity contribution is -0.140. The molecule has 0 unspecified atom stereocenters. The largest absolute Gasteiger partial charge is 0.497 e. The highest BCUT2D eigenvalue weighted by molar-refractivity contribution is 7.92. The van der Waals surface area contributed by atoms with Gasteiger partial charge in [0.2, 0.25) is 11.8 Å². The molecule has 3 aromatic carbocycles. The van der Waals surface area contributed by atoms with Crippen LogP contribution in [0.15, 0.2) is 77.7 Å². The van der Waals surface area contributed by atoms with Crippen molar-refractivity contribution in [3.05, 3.63) is 88.9 Å². The topological polar surface area (TPSA) is 96.0 Å². The van der Waals surface area contributed by atoms with Crippen molar-refractivity contribution in [2.24, 2.45) is 0 Å². The predicted molar refractivity (Wildman–Crippen MR) is 170 cm³/mol. The summed E-state index contributed by atoms with van der Waals surface area (Å²) in [6.45, 7) is 3.36. The smallest absolute Gasteiger partial charge is 0.264 e. The van der Waals surface area contributed by atoms with Crippen molar-refractivity contribution in [3.8, 4) is 5.75 Å². The number of amides is 2. The first-order chi connectivity index (χ1) is 20.6. The summed E-state index contributed by atoms with van der Waals surface area (Å²) < 4.78 is 34.3. The Labute approximate surface area is 260 Å². The molecule has 1 aliphatic rings. The van der Waals surface area contributed by atoms with Crippen molar-refractivity contribution >= 4 is 39.1 Å². The van der Waals surface area contributed by atoms with Crippen LogP contribution in [0.3, 0.4) is 0 Å². The van der Waals surface area contributed by atoms with E-state index in [0.29, 0.717) is 22.9 Å². The molecule has 1 aliphatic carbocycles. The normalized spacial score (nSPS) is 14.5. The highest BCUT2D eigenvalue weighted by Gasteiger charge is 2.34. The van der Waals surface area contributed by atoms with Crippen molar-refractivity contribution in [1.29, 1.82) is 0 Å². The fourth-order valence-corrected chi connectivity index (χ4v) is 6.91. The average Bonchev–Trinajstić information content (AvgIpc) is 3.01. The van der Waals surface area contributed by atoms with Crippen LogP contribution >= 0.6 is 11.6 Å². The maximum atomic E-state index is 14.2. The SMILES string of the molecule is CC[C@@H](C(=O)NC1CCCCC1)N(Cc1ccc(OC)cc1)C(=O)CN(c1ccc(Cl)cc1)S(=O)(=O)c1ccc(C)cc1. The number of sulfonamides is 1. The van der Waals surface area contributed by atoms with Crippen LogP contribution in [0.25, 0.3) is 0 Å². The number of anilines is 1. The second kappa shape index (κ2) is 14.8. The van der Waals surface area contributed by atoms with Crippen LogP contribution in [0.5, 0.6) is 5.75 Å². The fraction of sp³-hybridized carbons (Fsp3) is 0.394. The van der Waals surface area contributed by atoms with Gasteiger partial charge in [-0.3, -0.25) is 13.9 Å². The van der Waals surface area contributed by atoms with Gasteiger partial charge in [-0.05, 0) is 80.3 Å². The minimum absolute atomic E-state index is 0.0598. The zero-order chi connectivity index (χ0) is 31.0. The first kappa shape index (κ1) is 32.4. The quantitative estimate of drug-likeness (QED) is 0.262. The summed E-state index contributed by atoms with van der Waals surface area (Å²) in [5, 5.41) is 3.60. The zero-order valence-electron chi connectivity index (χ0n) is 25.0. The van der Waals surface area contributed by atoms with E-state index in [1.54, 1.807) is 55.6 Å². The molecule has 1 N–H and O–H groups in total. The van der Waals surface area contributed by atoms with E-state index in [4.69, 9.17) is 16.3 Å². The summed E-state index contributed by atoms with van der Waals surface area (Å²) in [7, 11) is -2.57. The summed E-state index contributed by atoms with van der Waals surface area (Å²) in [6, 6.07) is 19.3. The van der Waals surface area contributed by atoms with Crippen molar-refractivity contribution < 1.29 is 22.7 Å². The molecule has 0 heterocycles. The molecule has 0 saturated heterocycles. The van der Waals surface area contributed by atoms with Crippen molar-refractivity contribution in [2.45, 2.75) is 75.9 Å². The van der Waals surface area contributed by atoms with Crippen LogP contribution in [0.4, 0.5) is 5.69 Å². The molecule has 3 aromatic rings. The first-order valence-electron chi connectivity index (χ1n) is 14.7. The number of carbonyl (C=O) groups excluding carboxylic acids is 2. The molecule has 0 spiro atoms. The third-order valence-corrected chi connectivity index (χ3v) is 9.89. The summed E-state index contributed by atoms with van der Waals surface area (Å²) in [6.07, 6.45) is 5.46. The van der Waals surface area contributed by atoms with Crippen LogP contribution in [0, 0.1) is 6.92 Å². The molecular formula is C33H40ClN3O5S. The van der Waals surface area contributed by atoms with Crippen LogP contribution in [-0.4, -0.2) is 50.9 Å². The monoisotopic (exact) mass is 625 g/mol. The molecule has 0 radical (unpaired) electrons. The number of rotatable bonds is 12. The van der Waals surface area contributed by atoms with E-state index in [-0.39, 0.29) is 23.4 Å². The van der Waals surface area contributed by atoms with E-state index >= 15 is 0 Å². The van der Waals surface area contributed by atoms with E-state index in [1.165, 1.54) is 17.0 Å². The van der Waals surface area contributed by atoms with Gasteiger partial charge in [-0.2, -0.15) is 0 Å². The number of methoxy groups -OCH3 is 1. The van der Waals surface area contributed by atoms with Gasteiger partial charge in [-0.1, -0.05) is 67.6 Å². The number of ether oxygens (including phenoxy) is 1. The second-order valence-electron chi connectivity index (χ2n) is 10.9. The molecule has 1 saturated carbocycles. The Bertz CT molecular complexity index is 1470. The molecule has 2 amide bonds. The van der Waals surface area contributed by atoms with Gasteiger partial charge in [0.15, 0.2) is 0 Å². The number of halogens is 1. The molecule has 10 heteroatoms. The lowest BCUT2D eigenvalue weighted by Crippen LogP contribution is -2.54. The number of nitrogens with one attached hydrogen (secondary N) is 1. The molecule has 4 rings (SSSR count). The lowest BCUT2D eigenvalue weighted by Gasteiger charge is -2.34. The molecule has 0 bridgehead atoms. The number of benzene rings is 3. The Balaban J connectivity index is 1.70. The van der Waals surface area contributed by atoms with Gasteiger partial charge in [-0.15, -0.1) is 0 Å².